The number of rotatable bonds is 4. The molecule has 2 heterocycles. The molecule has 16 rings (SSSR count). The number of hydrogen-bond donors (Lipinski definition) is 0. The van der Waals surface area contributed by atoms with Crippen molar-refractivity contribution < 1.29 is 8.83 Å². The van der Waals surface area contributed by atoms with Gasteiger partial charge in [0.1, 0.15) is 22.3 Å². The Morgan fingerprint density at radius 2 is 0.853 bits per heavy atom. The molecular formula is C72H55NO2. The summed E-state index contributed by atoms with van der Waals surface area (Å²) in [5.74, 6) is 0. The van der Waals surface area contributed by atoms with Crippen molar-refractivity contribution >= 4 is 60.9 Å². The Morgan fingerprint density at radius 3 is 1.61 bits per heavy atom. The van der Waals surface area contributed by atoms with E-state index in [0.717, 1.165) is 39.4 Å². The lowest BCUT2D eigenvalue weighted by molar-refractivity contribution is 0.600. The maximum absolute atomic E-state index is 7.03. The summed E-state index contributed by atoms with van der Waals surface area (Å²) >= 11 is 0. The van der Waals surface area contributed by atoms with Crippen molar-refractivity contribution in [2.75, 3.05) is 4.90 Å². The van der Waals surface area contributed by atoms with Gasteiger partial charge in [-0.25, -0.2) is 0 Å². The average molecular weight is 966 g/mol. The van der Waals surface area contributed by atoms with E-state index in [9.17, 15) is 0 Å². The molecule has 3 heteroatoms. The number of benzene rings is 10. The quantitative estimate of drug-likeness (QED) is 0.176. The Kier molecular flexibility index (Phi) is 8.18. The number of para-hydroxylation sites is 3. The van der Waals surface area contributed by atoms with E-state index in [0.29, 0.717) is 0 Å². The van der Waals surface area contributed by atoms with Crippen LogP contribution in [0.5, 0.6) is 0 Å². The summed E-state index contributed by atoms with van der Waals surface area (Å²) in [4.78, 5) is 2.54. The summed E-state index contributed by atoms with van der Waals surface area (Å²) in [6.07, 6.45) is 0. The highest BCUT2D eigenvalue weighted by molar-refractivity contribution is 6.21. The molecule has 360 valence electrons. The Bertz CT molecular complexity index is 4530. The highest BCUT2D eigenvalue weighted by Crippen LogP contribution is 2.64. The van der Waals surface area contributed by atoms with Gasteiger partial charge >= 0.3 is 0 Å². The predicted molar refractivity (Wildman–Crippen MR) is 311 cm³/mol. The van der Waals surface area contributed by atoms with Crippen LogP contribution in [0.1, 0.15) is 99.9 Å². The molecule has 0 amide bonds. The molecule has 0 unspecified atom stereocenters. The first-order valence-corrected chi connectivity index (χ1v) is 26.7. The van der Waals surface area contributed by atoms with Crippen LogP contribution >= 0.6 is 0 Å². The molecule has 0 spiro atoms. The van der Waals surface area contributed by atoms with Gasteiger partial charge in [-0.15, -0.1) is 0 Å². The van der Waals surface area contributed by atoms with E-state index in [1.165, 1.54) is 122 Å². The molecule has 10 aromatic carbocycles. The topological polar surface area (TPSA) is 29.5 Å². The van der Waals surface area contributed by atoms with Crippen LogP contribution < -0.4 is 4.90 Å². The van der Waals surface area contributed by atoms with Crippen molar-refractivity contribution in [1.82, 2.24) is 0 Å². The van der Waals surface area contributed by atoms with Gasteiger partial charge in [0.05, 0.1) is 5.69 Å². The number of nitrogens with zero attached hydrogens (tertiary/aromatic N) is 1. The first kappa shape index (κ1) is 43.0. The van der Waals surface area contributed by atoms with Crippen molar-refractivity contribution in [3.05, 3.63) is 233 Å². The summed E-state index contributed by atoms with van der Waals surface area (Å²) in [6.45, 7) is 19.4. The lowest BCUT2D eigenvalue weighted by atomic mass is 9.72. The molecule has 12 aromatic rings. The highest BCUT2D eigenvalue weighted by Gasteiger charge is 2.49. The second-order valence-corrected chi connectivity index (χ2v) is 23.9. The standard InChI is InChI=1S/C72H55NO2/c1-69(2)52-34-35-60-62(47-24-14-18-28-58(47)74-60)61(52)50-39-55-49(38-56(50)69)44-32-30-41(36-53(44)70(55,3)4)73(57-27-17-13-22-43(57)40-20-10-9-11-21-40)42-31-33-46-54(37-42)72(7,8)66-63(46)64-48-25-15-19-29-59(48)75-68(64)65-45-23-12-16-26-51(45)71(5,6)67(65)66/h9-39H,1-8H3. The van der Waals surface area contributed by atoms with Crippen LogP contribution in [0, 0.1) is 0 Å². The number of anilines is 3. The summed E-state index contributed by atoms with van der Waals surface area (Å²) in [6, 6.07) is 70.2. The number of hydrogen-bond acceptors (Lipinski definition) is 3. The minimum absolute atomic E-state index is 0.186. The van der Waals surface area contributed by atoms with Crippen molar-refractivity contribution in [3.8, 4) is 55.6 Å². The smallest absolute Gasteiger partial charge is 0.144 e. The van der Waals surface area contributed by atoms with Gasteiger partial charge in [0.2, 0.25) is 0 Å². The average Bonchev–Trinajstić information content (AvgIpc) is 4.32. The van der Waals surface area contributed by atoms with Gasteiger partial charge in [-0.05, 0) is 150 Å². The molecule has 0 bridgehead atoms. The minimum Gasteiger partial charge on any atom is -0.456 e. The summed E-state index contributed by atoms with van der Waals surface area (Å²) in [5.41, 5.74) is 29.9. The van der Waals surface area contributed by atoms with Crippen LogP contribution in [0.4, 0.5) is 17.1 Å². The van der Waals surface area contributed by atoms with Crippen molar-refractivity contribution in [2.45, 2.75) is 77.0 Å². The van der Waals surface area contributed by atoms with E-state index in [-0.39, 0.29) is 21.7 Å². The first-order valence-electron chi connectivity index (χ1n) is 26.7. The Balaban J connectivity index is 0.905. The fourth-order valence-electron chi connectivity index (χ4n) is 15.0. The normalized spacial score (nSPS) is 16.2. The van der Waals surface area contributed by atoms with E-state index in [2.05, 4.69) is 248 Å². The van der Waals surface area contributed by atoms with E-state index in [1.807, 2.05) is 0 Å². The van der Waals surface area contributed by atoms with Crippen LogP contribution in [-0.4, -0.2) is 0 Å². The van der Waals surface area contributed by atoms with Crippen molar-refractivity contribution in [3.63, 3.8) is 0 Å². The minimum atomic E-state index is -0.343. The van der Waals surface area contributed by atoms with Crippen LogP contribution in [-0.2, 0) is 21.7 Å². The third-order valence-electron chi connectivity index (χ3n) is 18.6. The van der Waals surface area contributed by atoms with Gasteiger partial charge in [0.25, 0.3) is 0 Å². The largest absolute Gasteiger partial charge is 0.456 e. The second-order valence-electron chi connectivity index (χ2n) is 23.9. The highest BCUT2D eigenvalue weighted by atomic mass is 16.3. The van der Waals surface area contributed by atoms with Crippen LogP contribution in [0.2, 0.25) is 0 Å². The Hall–Kier alpha value is -8.40. The van der Waals surface area contributed by atoms with Gasteiger partial charge in [0, 0.05) is 65.7 Å². The van der Waals surface area contributed by atoms with Gasteiger partial charge in [-0.1, -0.05) is 183 Å². The monoisotopic (exact) mass is 965 g/mol. The zero-order valence-corrected chi connectivity index (χ0v) is 43.7. The van der Waals surface area contributed by atoms with Crippen LogP contribution in [0.15, 0.2) is 197 Å². The molecular weight excluding hydrogens is 911 g/mol. The third kappa shape index (κ3) is 5.36. The number of fused-ring (bicyclic) bond motifs is 22. The van der Waals surface area contributed by atoms with Gasteiger partial charge in [-0.3, -0.25) is 0 Å². The molecule has 0 saturated carbocycles. The molecule has 2 aromatic heterocycles. The fraction of sp³-hybridized carbons (Fsp3) is 0.167. The molecule has 0 aliphatic heterocycles. The van der Waals surface area contributed by atoms with Gasteiger partial charge < -0.3 is 13.7 Å². The molecule has 4 aliphatic rings. The predicted octanol–water partition coefficient (Wildman–Crippen LogP) is 19.8. The van der Waals surface area contributed by atoms with Crippen molar-refractivity contribution in [2.24, 2.45) is 0 Å². The van der Waals surface area contributed by atoms with E-state index in [4.69, 9.17) is 8.83 Å². The Labute approximate surface area is 437 Å². The lowest BCUT2D eigenvalue weighted by Crippen LogP contribution is -2.24. The molecule has 75 heavy (non-hydrogen) atoms. The second kappa shape index (κ2) is 14.3. The van der Waals surface area contributed by atoms with E-state index < -0.39 is 0 Å². The van der Waals surface area contributed by atoms with Crippen molar-refractivity contribution in [1.29, 1.82) is 0 Å². The zero-order chi connectivity index (χ0) is 50.7. The maximum Gasteiger partial charge on any atom is 0.144 e. The SMILES string of the molecule is CC1(C)c2cc(N(c3ccc4c(c3)C(C)(C)c3c5c(c6oc7ccccc7c6c3-4)-c3ccccc3C5(C)C)c3ccccc3-c3ccccc3)ccc2-c2cc3c(cc21)-c1c(ccc2oc4ccccc4c12)C3(C)C. The molecule has 3 nitrogen and oxygen atoms in total. The molecule has 0 radical (unpaired) electrons. The summed E-state index contributed by atoms with van der Waals surface area (Å²) in [7, 11) is 0. The molecule has 0 saturated heterocycles. The van der Waals surface area contributed by atoms with Gasteiger partial charge in [-0.2, -0.15) is 0 Å². The molecule has 0 fully saturated rings. The Morgan fingerprint density at radius 1 is 0.320 bits per heavy atom. The van der Waals surface area contributed by atoms with E-state index >= 15 is 0 Å². The van der Waals surface area contributed by atoms with Crippen LogP contribution in [0.25, 0.3) is 99.5 Å². The zero-order valence-electron chi connectivity index (χ0n) is 43.7. The molecule has 4 aliphatic carbocycles. The lowest BCUT2D eigenvalue weighted by Gasteiger charge is -2.32. The summed E-state index contributed by atoms with van der Waals surface area (Å²) < 4.78 is 13.5. The molecule has 0 N–H and O–H groups in total. The number of furan rings is 2. The summed E-state index contributed by atoms with van der Waals surface area (Å²) in [5, 5.41) is 4.79. The maximum atomic E-state index is 7.03. The van der Waals surface area contributed by atoms with Crippen LogP contribution in [0.3, 0.4) is 0 Å². The molecule has 0 atom stereocenters. The first-order chi connectivity index (χ1) is 36.2. The fourth-order valence-corrected chi connectivity index (χ4v) is 15.0. The van der Waals surface area contributed by atoms with E-state index in [1.54, 1.807) is 0 Å². The third-order valence-corrected chi connectivity index (χ3v) is 18.6. The van der Waals surface area contributed by atoms with Gasteiger partial charge in [0.15, 0.2) is 0 Å².